The maximum atomic E-state index is 13.6. The molecule has 3 rings (SSSR count). The lowest BCUT2D eigenvalue weighted by Gasteiger charge is -2.31. The van der Waals surface area contributed by atoms with E-state index in [0.717, 1.165) is 16.9 Å². The molecule has 0 aromatic heterocycles. The Hall–Kier alpha value is -3.05. The summed E-state index contributed by atoms with van der Waals surface area (Å²) in [5.74, 6) is 1.29. The summed E-state index contributed by atoms with van der Waals surface area (Å²) >= 11 is 1.59. The van der Waals surface area contributed by atoms with Crippen LogP contribution in [0.1, 0.15) is 36.1 Å². The molecular weight excluding hydrogens is 452 g/mol. The van der Waals surface area contributed by atoms with E-state index in [0.29, 0.717) is 31.2 Å². The van der Waals surface area contributed by atoms with Crippen molar-refractivity contribution in [3.8, 4) is 0 Å². The second-order valence-electron chi connectivity index (χ2n) is 9.33. The zero-order valence-corrected chi connectivity index (χ0v) is 21.8. The lowest BCUT2D eigenvalue weighted by Crippen LogP contribution is -2.51. The minimum Gasteiger partial charge on any atom is -0.354 e. The summed E-state index contributed by atoms with van der Waals surface area (Å²) in [5, 5.41) is 3.07. The Balaban J connectivity index is 1.81. The first-order valence-corrected chi connectivity index (χ1v) is 13.4. The zero-order valence-electron chi connectivity index (χ0n) is 20.9. The monoisotopic (exact) mass is 488 g/mol. The van der Waals surface area contributed by atoms with E-state index in [-0.39, 0.29) is 11.8 Å². The van der Waals surface area contributed by atoms with Crippen molar-refractivity contribution < 1.29 is 9.59 Å². The molecule has 0 heterocycles. The van der Waals surface area contributed by atoms with Crippen molar-refractivity contribution in [3.63, 3.8) is 0 Å². The van der Waals surface area contributed by atoms with Gasteiger partial charge in [0.15, 0.2) is 0 Å². The molecule has 0 spiro atoms. The van der Waals surface area contributed by atoms with Crippen molar-refractivity contribution in [1.29, 1.82) is 0 Å². The fraction of sp³-hybridized carbons (Fsp3) is 0.333. The highest BCUT2D eigenvalue weighted by Gasteiger charge is 2.30. The molecule has 1 N–H and O–H groups in total. The fourth-order valence-electron chi connectivity index (χ4n) is 3.90. The highest BCUT2D eigenvalue weighted by atomic mass is 32.2. The van der Waals surface area contributed by atoms with E-state index in [1.54, 1.807) is 16.7 Å². The van der Waals surface area contributed by atoms with Crippen LogP contribution >= 0.6 is 11.8 Å². The van der Waals surface area contributed by atoms with E-state index >= 15 is 0 Å². The van der Waals surface area contributed by atoms with E-state index in [2.05, 4.69) is 44.3 Å². The molecule has 5 heteroatoms. The Morgan fingerprint density at radius 1 is 0.857 bits per heavy atom. The summed E-state index contributed by atoms with van der Waals surface area (Å²) in [4.78, 5) is 28.8. The van der Waals surface area contributed by atoms with Gasteiger partial charge in [-0.05, 0) is 29.5 Å². The first-order valence-electron chi connectivity index (χ1n) is 12.2. The molecule has 0 fully saturated rings. The predicted octanol–water partition coefficient (Wildman–Crippen LogP) is 5.64. The lowest BCUT2D eigenvalue weighted by atomic mass is 10.0. The topological polar surface area (TPSA) is 49.4 Å². The molecule has 0 unspecified atom stereocenters. The van der Waals surface area contributed by atoms with Gasteiger partial charge in [0.2, 0.25) is 11.8 Å². The number of hydrogen-bond acceptors (Lipinski definition) is 3. The normalized spacial score (nSPS) is 11.8. The molecule has 0 bridgehead atoms. The molecule has 0 saturated heterocycles. The number of benzene rings is 3. The van der Waals surface area contributed by atoms with Crippen molar-refractivity contribution in [3.05, 3.63) is 107 Å². The van der Waals surface area contributed by atoms with E-state index in [4.69, 9.17) is 0 Å². The highest BCUT2D eigenvalue weighted by molar-refractivity contribution is 7.99. The van der Waals surface area contributed by atoms with Crippen LogP contribution in [0.3, 0.4) is 0 Å². The van der Waals surface area contributed by atoms with Crippen LogP contribution in [0.25, 0.3) is 0 Å². The molecule has 0 aliphatic rings. The van der Waals surface area contributed by atoms with Crippen LogP contribution < -0.4 is 5.32 Å². The van der Waals surface area contributed by atoms with Crippen molar-refractivity contribution in [2.24, 2.45) is 5.92 Å². The minimum atomic E-state index is -0.580. The van der Waals surface area contributed by atoms with Crippen molar-refractivity contribution in [1.82, 2.24) is 10.2 Å². The molecule has 4 nitrogen and oxygen atoms in total. The Morgan fingerprint density at radius 2 is 1.49 bits per heavy atom. The van der Waals surface area contributed by atoms with Gasteiger partial charge in [-0.1, -0.05) is 104 Å². The fourth-order valence-corrected chi connectivity index (χ4v) is 4.76. The molecule has 0 radical (unpaired) electrons. The third kappa shape index (κ3) is 8.91. The lowest BCUT2D eigenvalue weighted by molar-refractivity contribution is -0.139. The van der Waals surface area contributed by atoms with Gasteiger partial charge in [0.25, 0.3) is 0 Å². The van der Waals surface area contributed by atoms with Gasteiger partial charge in [0.1, 0.15) is 6.04 Å². The number of amides is 2. The van der Waals surface area contributed by atoms with Gasteiger partial charge in [0.05, 0.1) is 5.75 Å². The van der Waals surface area contributed by atoms with Crippen molar-refractivity contribution in [2.75, 3.05) is 12.3 Å². The van der Waals surface area contributed by atoms with E-state index in [9.17, 15) is 9.59 Å². The van der Waals surface area contributed by atoms with Crippen LogP contribution in [-0.2, 0) is 28.3 Å². The van der Waals surface area contributed by atoms with Gasteiger partial charge in [-0.25, -0.2) is 0 Å². The molecular formula is C30H36N2O2S. The van der Waals surface area contributed by atoms with Crippen molar-refractivity contribution in [2.45, 2.75) is 45.5 Å². The SMILES string of the molecule is Cc1cccc(CSCC(=O)N(Cc2ccccc2)[C@H](Cc2ccccc2)C(=O)NCC(C)C)c1. The van der Waals surface area contributed by atoms with Crippen LogP contribution in [-0.4, -0.2) is 35.1 Å². The van der Waals surface area contributed by atoms with Crippen LogP contribution in [0.4, 0.5) is 0 Å². The number of carbonyl (C=O) groups excluding carboxylic acids is 2. The zero-order chi connectivity index (χ0) is 25.0. The van der Waals surface area contributed by atoms with Crippen LogP contribution in [0.2, 0.25) is 0 Å². The first-order chi connectivity index (χ1) is 16.9. The minimum absolute atomic E-state index is 0.0212. The standard InChI is InChI=1S/C30H36N2O2S/c1-23(2)19-31-30(34)28(18-25-12-6-4-7-13-25)32(20-26-14-8-5-9-15-26)29(33)22-35-21-27-16-10-11-24(3)17-27/h4-17,23,28H,18-22H2,1-3H3,(H,31,34)/t28-/m1/s1. The smallest absolute Gasteiger partial charge is 0.243 e. The highest BCUT2D eigenvalue weighted by Crippen LogP contribution is 2.19. The molecule has 3 aromatic carbocycles. The number of thioether (sulfide) groups is 1. The Bertz CT molecular complexity index is 1070. The molecule has 0 aliphatic heterocycles. The van der Waals surface area contributed by atoms with Crippen LogP contribution in [0.5, 0.6) is 0 Å². The van der Waals surface area contributed by atoms with Crippen LogP contribution in [0.15, 0.2) is 84.9 Å². The van der Waals surface area contributed by atoms with Gasteiger partial charge in [-0.15, -0.1) is 11.8 Å². The molecule has 1 atom stereocenters. The molecule has 35 heavy (non-hydrogen) atoms. The number of carbonyl (C=O) groups is 2. The molecule has 0 saturated carbocycles. The number of nitrogens with one attached hydrogen (secondary N) is 1. The molecule has 184 valence electrons. The van der Waals surface area contributed by atoms with Gasteiger partial charge in [-0.2, -0.15) is 0 Å². The Morgan fingerprint density at radius 3 is 2.11 bits per heavy atom. The van der Waals surface area contributed by atoms with Gasteiger partial charge in [0, 0.05) is 25.3 Å². The molecule has 2 amide bonds. The third-order valence-electron chi connectivity index (χ3n) is 5.73. The average molecular weight is 489 g/mol. The Kier molecular flexibility index (Phi) is 10.4. The first kappa shape index (κ1) is 26.6. The molecule has 3 aromatic rings. The summed E-state index contributed by atoms with van der Waals surface area (Å²) in [6.07, 6.45) is 0.478. The van der Waals surface area contributed by atoms with Gasteiger partial charge < -0.3 is 10.2 Å². The van der Waals surface area contributed by atoms with Crippen molar-refractivity contribution >= 4 is 23.6 Å². The second-order valence-corrected chi connectivity index (χ2v) is 10.3. The Labute approximate surface area is 214 Å². The maximum absolute atomic E-state index is 13.6. The van der Waals surface area contributed by atoms with E-state index in [1.165, 1.54) is 11.1 Å². The quantitative estimate of drug-likeness (QED) is 0.359. The third-order valence-corrected chi connectivity index (χ3v) is 6.72. The molecule has 0 aliphatic carbocycles. The number of aryl methyl sites for hydroxylation is 1. The summed E-state index contributed by atoms with van der Waals surface area (Å²) in [6.45, 7) is 7.20. The maximum Gasteiger partial charge on any atom is 0.243 e. The van der Waals surface area contributed by atoms with Gasteiger partial charge >= 0.3 is 0 Å². The number of rotatable bonds is 12. The average Bonchev–Trinajstić information content (AvgIpc) is 2.86. The van der Waals surface area contributed by atoms with E-state index in [1.807, 2.05) is 66.7 Å². The van der Waals surface area contributed by atoms with Crippen LogP contribution in [0, 0.1) is 12.8 Å². The summed E-state index contributed by atoms with van der Waals surface area (Å²) in [5.41, 5.74) is 4.47. The largest absolute Gasteiger partial charge is 0.354 e. The second kappa shape index (κ2) is 13.7. The van der Waals surface area contributed by atoms with E-state index < -0.39 is 6.04 Å². The van der Waals surface area contributed by atoms with Gasteiger partial charge in [-0.3, -0.25) is 9.59 Å². The number of hydrogen-bond donors (Lipinski definition) is 1. The summed E-state index contributed by atoms with van der Waals surface area (Å²) in [6, 6.07) is 27.6. The summed E-state index contributed by atoms with van der Waals surface area (Å²) < 4.78 is 0. The number of nitrogens with zero attached hydrogens (tertiary/aromatic N) is 1. The summed E-state index contributed by atoms with van der Waals surface area (Å²) in [7, 11) is 0. The predicted molar refractivity (Wildman–Crippen MR) is 146 cm³/mol.